The van der Waals surface area contributed by atoms with Gasteiger partial charge in [0, 0.05) is 38.2 Å². The molecule has 0 bridgehead atoms. The number of amides is 2. The van der Waals surface area contributed by atoms with E-state index in [-0.39, 0.29) is 17.7 Å². The zero-order valence-corrected chi connectivity index (χ0v) is 15.4. The normalized spacial score (nSPS) is 17.7. The molecule has 1 unspecified atom stereocenters. The number of rotatable bonds is 7. The Labute approximate surface area is 155 Å². The maximum atomic E-state index is 12.0. The number of guanidine groups is 1. The van der Waals surface area contributed by atoms with Gasteiger partial charge in [-0.1, -0.05) is 18.2 Å². The lowest BCUT2D eigenvalue weighted by atomic mass is 9.95. The van der Waals surface area contributed by atoms with Crippen LogP contribution in [0.5, 0.6) is 0 Å². The summed E-state index contributed by atoms with van der Waals surface area (Å²) in [4.78, 5) is 30.0. The third-order valence-corrected chi connectivity index (χ3v) is 4.34. The minimum Gasteiger partial charge on any atom is -0.370 e. The van der Waals surface area contributed by atoms with Crippen molar-refractivity contribution in [3.63, 3.8) is 0 Å². The molecular formula is C19H29N5O2. The highest BCUT2D eigenvalue weighted by atomic mass is 16.2. The molecule has 4 N–H and O–H groups in total. The lowest BCUT2D eigenvalue weighted by Crippen LogP contribution is -2.47. The Hall–Kier alpha value is -2.57. The molecular weight excluding hydrogens is 330 g/mol. The first-order valence-corrected chi connectivity index (χ1v) is 9.25. The maximum Gasteiger partial charge on any atom is 0.251 e. The fourth-order valence-electron chi connectivity index (χ4n) is 3.16. The Morgan fingerprint density at radius 3 is 2.73 bits per heavy atom. The summed E-state index contributed by atoms with van der Waals surface area (Å²) in [6, 6.07) is 9.14. The van der Waals surface area contributed by atoms with Crippen molar-refractivity contribution in [1.29, 1.82) is 0 Å². The van der Waals surface area contributed by atoms with E-state index in [1.165, 1.54) is 0 Å². The second-order valence-electron chi connectivity index (χ2n) is 6.48. The predicted octanol–water partition coefficient (Wildman–Crippen LogP) is 0.969. The molecule has 1 aromatic carbocycles. The molecule has 7 heteroatoms. The van der Waals surface area contributed by atoms with E-state index in [0.717, 1.165) is 38.4 Å². The van der Waals surface area contributed by atoms with Crippen molar-refractivity contribution in [2.75, 3.05) is 32.7 Å². The summed E-state index contributed by atoms with van der Waals surface area (Å²) in [6.07, 6.45) is 2.46. The minimum atomic E-state index is -0.248. The van der Waals surface area contributed by atoms with Crippen LogP contribution < -0.4 is 16.4 Å². The van der Waals surface area contributed by atoms with Gasteiger partial charge in [-0.3, -0.25) is 14.6 Å². The maximum absolute atomic E-state index is 12.0. The number of hydrogen-bond donors (Lipinski definition) is 3. The first-order chi connectivity index (χ1) is 12.6. The smallest absolute Gasteiger partial charge is 0.251 e. The summed E-state index contributed by atoms with van der Waals surface area (Å²) in [5, 5.41) is 6.17. The van der Waals surface area contributed by atoms with Gasteiger partial charge in [-0.25, -0.2) is 0 Å². The number of hydrogen-bond acceptors (Lipinski definition) is 3. The second-order valence-corrected chi connectivity index (χ2v) is 6.48. The van der Waals surface area contributed by atoms with Crippen LogP contribution in [0.4, 0.5) is 0 Å². The van der Waals surface area contributed by atoms with Gasteiger partial charge >= 0.3 is 0 Å². The average molecular weight is 359 g/mol. The quantitative estimate of drug-likeness (QED) is 0.384. The van der Waals surface area contributed by atoms with Gasteiger partial charge in [0.05, 0.1) is 6.54 Å². The third kappa shape index (κ3) is 6.38. The molecule has 1 aliphatic heterocycles. The standard InChI is InChI=1S/C19H29N5O2/c1-2-21-19(24-12-6-7-15(14-24)13-17(20)25)23-11-10-22-18(26)16-8-4-3-5-9-16/h3-5,8-9,15H,2,6-7,10-14H2,1H3,(H2,20,25)(H,21,23)(H,22,26). The minimum absolute atomic E-state index is 0.0923. The highest BCUT2D eigenvalue weighted by Gasteiger charge is 2.23. The highest BCUT2D eigenvalue weighted by molar-refractivity contribution is 5.94. The monoisotopic (exact) mass is 359 g/mol. The Kier molecular flexibility index (Phi) is 7.92. The number of carbonyl (C=O) groups excluding carboxylic acids is 2. The van der Waals surface area contributed by atoms with Gasteiger partial charge in [0.15, 0.2) is 5.96 Å². The Morgan fingerprint density at radius 2 is 2.04 bits per heavy atom. The molecule has 1 saturated heterocycles. The molecule has 0 radical (unpaired) electrons. The first-order valence-electron chi connectivity index (χ1n) is 9.25. The number of aliphatic imine (C=N–C) groups is 1. The molecule has 1 heterocycles. The molecule has 1 aliphatic rings. The fraction of sp³-hybridized carbons (Fsp3) is 0.526. The zero-order chi connectivity index (χ0) is 18.8. The van der Waals surface area contributed by atoms with E-state index in [4.69, 9.17) is 5.73 Å². The van der Waals surface area contributed by atoms with Crippen molar-refractivity contribution < 1.29 is 9.59 Å². The Balaban J connectivity index is 1.85. The molecule has 142 valence electrons. The molecule has 2 rings (SSSR count). The molecule has 26 heavy (non-hydrogen) atoms. The summed E-state index contributed by atoms with van der Waals surface area (Å²) in [5.74, 6) is 0.770. The molecule has 0 saturated carbocycles. The van der Waals surface area contributed by atoms with Crippen LogP contribution in [-0.4, -0.2) is 55.4 Å². The molecule has 1 fully saturated rings. The van der Waals surface area contributed by atoms with Crippen molar-refractivity contribution in [1.82, 2.24) is 15.5 Å². The first kappa shape index (κ1) is 19.8. The van der Waals surface area contributed by atoms with Crippen LogP contribution >= 0.6 is 0 Å². The topological polar surface area (TPSA) is 99.8 Å². The lowest BCUT2D eigenvalue weighted by Gasteiger charge is -2.34. The van der Waals surface area contributed by atoms with Gasteiger partial charge < -0.3 is 21.3 Å². The number of nitrogens with zero attached hydrogens (tertiary/aromatic N) is 2. The molecule has 1 aromatic rings. The summed E-state index contributed by atoms with van der Waals surface area (Å²) >= 11 is 0. The summed E-state index contributed by atoms with van der Waals surface area (Å²) in [5.41, 5.74) is 5.98. The molecule has 2 amide bonds. The fourth-order valence-corrected chi connectivity index (χ4v) is 3.16. The van der Waals surface area contributed by atoms with Crippen molar-refractivity contribution in [2.45, 2.75) is 26.2 Å². The summed E-state index contributed by atoms with van der Waals surface area (Å²) in [6.45, 7) is 5.46. The number of nitrogens with two attached hydrogens (primary N) is 1. The number of piperidine rings is 1. The van der Waals surface area contributed by atoms with Gasteiger partial charge in [0.1, 0.15) is 0 Å². The van der Waals surface area contributed by atoms with Crippen molar-refractivity contribution >= 4 is 17.8 Å². The van der Waals surface area contributed by atoms with Crippen molar-refractivity contribution in [3.8, 4) is 0 Å². The number of likely N-dealkylation sites (tertiary alicyclic amines) is 1. The van der Waals surface area contributed by atoms with Gasteiger partial charge in [0.2, 0.25) is 5.91 Å². The van der Waals surface area contributed by atoms with E-state index in [1.54, 1.807) is 12.1 Å². The van der Waals surface area contributed by atoms with Crippen LogP contribution in [0, 0.1) is 5.92 Å². The third-order valence-electron chi connectivity index (χ3n) is 4.34. The second kappa shape index (κ2) is 10.4. The zero-order valence-electron chi connectivity index (χ0n) is 15.4. The van der Waals surface area contributed by atoms with Crippen molar-refractivity contribution in [2.24, 2.45) is 16.6 Å². The van der Waals surface area contributed by atoms with Gasteiger partial charge in [-0.2, -0.15) is 0 Å². The molecule has 7 nitrogen and oxygen atoms in total. The average Bonchev–Trinajstić information content (AvgIpc) is 2.64. The van der Waals surface area contributed by atoms with Crippen LogP contribution in [0.25, 0.3) is 0 Å². The molecule has 0 aromatic heterocycles. The van der Waals surface area contributed by atoms with E-state index < -0.39 is 0 Å². The number of nitrogens with one attached hydrogen (secondary N) is 2. The molecule has 0 spiro atoms. The number of carbonyl (C=O) groups is 2. The van der Waals surface area contributed by atoms with Gasteiger partial charge in [-0.15, -0.1) is 0 Å². The van der Waals surface area contributed by atoms with E-state index in [2.05, 4.69) is 20.5 Å². The van der Waals surface area contributed by atoms with E-state index in [9.17, 15) is 9.59 Å². The SMILES string of the molecule is CCNC(=NCCNC(=O)c1ccccc1)N1CCCC(CC(N)=O)C1. The molecule has 0 aliphatic carbocycles. The predicted molar refractivity (Wildman–Crippen MR) is 103 cm³/mol. The van der Waals surface area contributed by atoms with E-state index >= 15 is 0 Å². The number of benzene rings is 1. The largest absolute Gasteiger partial charge is 0.370 e. The highest BCUT2D eigenvalue weighted by Crippen LogP contribution is 2.19. The van der Waals surface area contributed by atoms with E-state index in [0.29, 0.717) is 25.1 Å². The summed E-state index contributed by atoms with van der Waals surface area (Å²) in [7, 11) is 0. The van der Waals surface area contributed by atoms with E-state index in [1.807, 2.05) is 25.1 Å². The van der Waals surface area contributed by atoms with Gasteiger partial charge in [0.25, 0.3) is 5.91 Å². The number of primary amides is 1. The van der Waals surface area contributed by atoms with Crippen LogP contribution in [-0.2, 0) is 4.79 Å². The van der Waals surface area contributed by atoms with Crippen LogP contribution in [0.1, 0.15) is 36.5 Å². The van der Waals surface area contributed by atoms with Gasteiger partial charge in [-0.05, 0) is 37.8 Å². The van der Waals surface area contributed by atoms with Crippen LogP contribution in [0.15, 0.2) is 35.3 Å². The Morgan fingerprint density at radius 1 is 1.27 bits per heavy atom. The Bertz CT molecular complexity index is 618. The van der Waals surface area contributed by atoms with Crippen molar-refractivity contribution in [3.05, 3.63) is 35.9 Å². The molecule has 1 atom stereocenters. The lowest BCUT2D eigenvalue weighted by molar-refractivity contribution is -0.119. The summed E-state index contributed by atoms with van der Waals surface area (Å²) < 4.78 is 0. The van der Waals surface area contributed by atoms with Crippen LogP contribution in [0.3, 0.4) is 0 Å². The van der Waals surface area contributed by atoms with Crippen LogP contribution in [0.2, 0.25) is 0 Å².